The minimum Gasteiger partial charge on any atom is -0.351 e. The molecule has 2 amide bonds. The van der Waals surface area contributed by atoms with Crippen molar-refractivity contribution in [3.63, 3.8) is 0 Å². The Balaban J connectivity index is 1.98. The number of hydrogen-bond acceptors (Lipinski definition) is 4. The van der Waals surface area contributed by atoms with E-state index in [9.17, 15) is 18.0 Å². The Bertz CT molecular complexity index is 506. The fourth-order valence-electron chi connectivity index (χ4n) is 2.69. The summed E-state index contributed by atoms with van der Waals surface area (Å²) in [4.78, 5) is 26.3. The van der Waals surface area contributed by atoms with Gasteiger partial charge in [0.1, 0.15) is 5.41 Å². The van der Waals surface area contributed by atoms with Crippen LogP contribution in [0.25, 0.3) is 0 Å². The maximum absolute atomic E-state index is 12.4. The molecule has 7 heteroatoms. The van der Waals surface area contributed by atoms with Gasteiger partial charge in [0, 0.05) is 19.1 Å². The summed E-state index contributed by atoms with van der Waals surface area (Å²) in [7, 11) is -3.03. The summed E-state index contributed by atoms with van der Waals surface area (Å²) in [5.74, 6) is -0.463. The summed E-state index contributed by atoms with van der Waals surface area (Å²) >= 11 is 0. The Hall–Kier alpha value is -1.11. The van der Waals surface area contributed by atoms with Gasteiger partial charge in [0.2, 0.25) is 11.8 Å². The second kappa shape index (κ2) is 5.35. The van der Waals surface area contributed by atoms with Crippen LogP contribution in [0, 0.1) is 5.41 Å². The molecule has 0 aliphatic carbocycles. The summed E-state index contributed by atoms with van der Waals surface area (Å²) in [6, 6.07) is -0.363. The highest BCUT2D eigenvalue weighted by Gasteiger charge is 2.41. The van der Waals surface area contributed by atoms with Crippen LogP contribution in [0.2, 0.25) is 0 Å². The lowest BCUT2D eigenvalue weighted by Gasteiger charge is -2.29. The van der Waals surface area contributed by atoms with Crippen LogP contribution >= 0.6 is 0 Å². The Labute approximate surface area is 119 Å². The summed E-state index contributed by atoms with van der Waals surface area (Å²) in [5, 5.41) is 2.71. The Morgan fingerprint density at radius 2 is 1.80 bits per heavy atom. The Morgan fingerprint density at radius 1 is 1.20 bits per heavy atom. The van der Waals surface area contributed by atoms with Crippen LogP contribution in [0.4, 0.5) is 0 Å². The maximum Gasteiger partial charge on any atom is 0.237 e. The molecule has 2 heterocycles. The van der Waals surface area contributed by atoms with E-state index in [-0.39, 0.29) is 29.4 Å². The van der Waals surface area contributed by atoms with Crippen molar-refractivity contribution in [3.8, 4) is 0 Å². The second-order valence-corrected chi connectivity index (χ2v) is 8.43. The summed E-state index contributed by atoms with van der Waals surface area (Å²) in [5.41, 5.74) is -1.14. The first kappa shape index (κ1) is 15.3. The highest BCUT2D eigenvalue weighted by molar-refractivity contribution is 7.91. The topological polar surface area (TPSA) is 83.5 Å². The first-order chi connectivity index (χ1) is 9.22. The van der Waals surface area contributed by atoms with Crippen LogP contribution in [0.3, 0.4) is 0 Å². The molecule has 0 aromatic rings. The second-order valence-electron chi connectivity index (χ2n) is 6.20. The van der Waals surface area contributed by atoms with Crippen LogP contribution in [-0.4, -0.2) is 55.8 Å². The largest absolute Gasteiger partial charge is 0.351 e. The molecule has 0 aromatic carbocycles. The maximum atomic E-state index is 12.4. The number of carbonyl (C=O) groups excluding carboxylic acids is 2. The summed E-state index contributed by atoms with van der Waals surface area (Å²) in [6.07, 6.45) is 2.39. The molecule has 114 valence electrons. The molecule has 2 rings (SSSR count). The predicted octanol–water partition coefficient (Wildman–Crippen LogP) is -0.0617. The van der Waals surface area contributed by atoms with Crippen molar-refractivity contribution >= 4 is 21.7 Å². The molecule has 2 saturated heterocycles. The van der Waals surface area contributed by atoms with Crippen molar-refractivity contribution < 1.29 is 18.0 Å². The monoisotopic (exact) mass is 302 g/mol. The number of likely N-dealkylation sites (tertiary alicyclic amines) is 1. The molecule has 0 bridgehead atoms. The first-order valence-corrected chi connectivity index (χ1v) is 8.85. The number of rotatable bonds is 3. The fourth-order valence-corrected chi connectivity index (χ4v) is 4.36. The highest BCUT2D eigenvalue weighted by Crippen LogP contribution is 2.23. The van der Waals surface area contributed by atoms with E-state index in [4.69, 9.17) is 0 Å². The smallest absolute Gasteiger partial charge is 0.237 e. The highest BCUT2D eigenvalue weighted by atomic mass is 32.2. The average molecular weight is 302 g/mol. The number of hydrogen-bond donors (Lipinski definition) is 1. The standard InChI is InChI=1S/C13H22N2O4S/c1-13(2,12(17)15-6-3-4-7-15)11(16)14-10-5-8-20(18,19)9-10/h10H,3-9H2,1-2H3,(H,14,16). The van der Waals surface area contributed by atoms with Gasteiger partial charge in [-0.2, -0.15) is 0 Å². The van der Waals surface area contributed by atoms with Crippen LogP contribution in [-0.2, 0) is 19.4 Å². The number of carbonyl (C=O) groups is 2. The zero-order valence-electron chi connectivity index (χ0n) is 12.0. The van der Waals surface area contributed by atoms with Gasteiger partial charge in [0.15, 0.2) is 9.84 Å². The van der Waals surface area contributed by atoms with E-state index in [2.05, 4.69) is 5.32 Å². The molecule has 0 aromatic heterocycles. The molecule has 20 heavy (non-hydrogen) atoms. The molecule has 2 aliphatic heterocycles. The molecular formula is C13H22N2O4S. The Morgan fingerprint density at radius 3 is 2.30 bits per heavy atom. The minimum atomic E-state index is -3.03. The van der Waals surface area contributed by atoms with Crippen LogP contribution in [0.15, 0.2) is 0 Å². The lowest BCUT2D eigenvalue weighted by Crippen LogP contribution is -2.51. The zero-order valence-corrected chi connectivity index (χ0v) is 12.8. The zero-order chi connectivity index (χ0) is 15.0. The normalized spacial score (nSPS) is 25.7. The van der Waals surface area contributed by atoms with Crippen LogP contribution < -0.4 is 5.32 Å². The molecule has 1 unspecified atom stereocenters. The third-order valence-corrected chi connectivity index (χ3v) is 5.83. The summed E-state index contributed by atoms with van der Waals surface area (Å²) < 4.78 is 22.8. The van der Waals surface area contributed by atoms with Gasteiger partial charge < -0.3 is 10.2 Å². The van der Waals surface area contributed by atoms with E-state index in [0.717, 1.165) is 12.8 Å². The molecule has 1 N–H and O–H groups in total. The number of amides is 2. The molecule has 2 aliphatic rings. The van der Waals surface area contributed by atoms with Gasteiger partial charge in [0.25, 0.3) is 0 Å². The molecule has 0 radical (unpaired) electrons. The molecule has 1 atom stereocenters. The van der Waals surface area contributed by atoms with E-state index in [1.807, 2.05) is 0 Å². The van der Waals surface area contributed by atoms with Gasteiger partial charge in [0.05, 0.1) is 11.5 Å². The van der Waals surface area contributed by atoms with Crippen molar-refractivity contribution in [1.29, 1.82) is 0 Å². The van der Waals surface area contributed by atoms with E-state index in [1.165, 1.54) is 0 Å². The first-order valence-electron chi connectivity index (χ1n) is 7.03. The lowest BCUT2D eigenvalue weighted by molar-refractivity contribution is -0.148. The van der Waals surface area contributed by atoms with Gasteiger partial charge in [-0.05, 0) is 33.1 Å². The number of sulfone groups is 1. The van der Waals surface area contributed by atoms with E-state index in [1.54, 1.807) is 18.7 Å². The number of nitrogens with one attached hydrogen (secondary N) is 1. The SMILES string of the molecule is CC(C)(C(=O)NC1CCS(=O)(=O)C1)C(=O)N1CCCC1. The summed E-state index contributed by atoms with van der Waals surface area (Å²) in [6.45, 7) is 4.61. The van der Waals surface area contributed by atoms with Crippen molar-refractivity contribution in [2.45, 2.75) is 39.2 Å². The minimum absolute atomic E-state index is 0.0211. The number of nitrogens with zero attached hydrogens (tertiary/aromatic N) is 1. The van der Waals surface area contributed by atoms with Gasteiger partial charge in [-0.25, -0.2) is 8.42 Å². The Kier molecular flexibility index (Phi) is 4.09. The molecular weight excluding hydrogens is 280 g/mol. The van der Waals surface area contributed by atoms with Gasteiger partial charge in [-0.1, -0.05) is 0 Å². The van der Waals surface area contributed by atoms with Gasteiger partial charge in [-0.15, -0.1) is 0 Å². The molecule has 2 fully saturated rings. The third kappa shape index (κ3) is 3.13. The predicted molar refractivity (Wildman–Crippen MR) is 74.8 cm³/mol. The van der Waals surface area contributed by atoms with Crippen molar-refractivity contribution in [2.75, 3.05) is 24.6 Å². The molecule has 6 nitrogen and oxygen atoms in total. The van der Waals surface area contributed by atoms with Gasteiger partial charge >= 0.3 is 0 Å². The third-order valence-electron chi connectivity index (χ3n) is 4.06. The van der Waals surface area contributed by atoms with Gasteiger partial charge in [-0.3, -0.25) is 9.59 Å². The van der Waals surface area contributed by atoms with Crippen LogP contribution in [0.5, 0.6) is 0 Å². The average Bonchev–Trinajstić information content (AvgIpc) is 2.97. The van der Waals surface area contributed by atoms with Crippen LogP contribution in [0.1, 0.15) is 33.1 Å². The van der Waals surface area contributed by atoms with Crippen molar-refractivity contribution in [3.05, 3.63) is 0 Å². The van der Waals surface area contributed by atoms with E-state index in [0.29, 0.717) is 19.5 Å². The quantitative estimate of drug-likeness (QED) is 0.740. The van der Waals surface area contributed by atoms with E-state index >= 15 is 0 Å². The molecule has 0 saturated carbocycles. The lowest BCUT2D eigenvalue weighted by atomic mass is 9.90. The van der Waals surface area contributed by atoms with Crippen molar-refractivity contribution in [2.24, 2.45) is 5.41 Å². The molecule has 0 spiro atoms. The van der Waals surface area contributed by atoms with Crippen molar-refractivity contribution in [1.82, 2.24) is 10.2 Å². The fraction of sp³-hybridized carbons (Fsp3) is 0.846. The van der Waals surface area contributed by atoms with E-state index < -0.39 is 15.3 Å².